The standard InChI is InChI=1S/C11H12FNOS/c12-9-3-1-2-8(6-9)11(14)13-10-4-5-15-7-10/h1-3,6,10H,4-5,7H2,(H,13,14)/t10-/m0/s1. The highest BCUT2D eigenvalue weighted by molar-refractivity contribution is 7.99. The predicted octanol–water partition coefficient (Wildman–Crippen LogP) is 2.06. The molecule has 4 heteroatoms. The van der Waals surface area contributed by atoms with E-state index in [9.17, 15) is 9.18 Å². The molecule has 0 saturated carbocycles. The van der Waals surface area contributed by atoms with E-state index in [0.717, 1.165) is 17.9 Å². The van der Waals surface area contributed by atoms with E-state index in [-0.39, 0.29) is 17.8 Å². The molecule has 0 aliphatic carbocycles. The summed E-state index contributed by atoms with van der Waals surface area (Å²) in [5, 5.41) is 2.90. The molecule has 1 amide bonds. The van der Waals surface area contributed by atoms with Gasteiger partial charge in [-0.1, -0.05) is 6.07 Å². The van der Waals surface area contributed by atoms with Gasteiger partial charge in [0.15, 0.2) is 0 Å². The third-order valence-corrected chi connectivity index (χ3v) is 3.51. The lowest BCUT2D eigenvalue weighted by molar-refractivity contribution is 0.0940. The van der Waals surface area contributed by atoms with Crippen molar-refractivity contribution >= 4 is 17.7 Å². The van der Waals surface area contributed by atoms with Gasteiger partial charge in [0.25, 0.3) is 5.91 Å². The van der Waals surface area contributed by atoms with Gasteiger partial charge < -0.3 is 5.32 Å². The minimum Gasteiger partial charge on any atom is -0.348 e. The maximum Gasteiger partial charge on any atom is 0.251 e. The Morgan fingerprint density at radius 1 is 1.53 bits per heavy atom. The first kappa shape index (κ1) is 10.5. The zero-order chi connectivity index (χ0) is 10.7. The Balaban J connectivity index is 2.01. The lowest BCUT2D eigenvalue weighted by atomic mass is 10.2. The average Bonchev–Trinajstić information content (AvgIpc) is 2.70. The maximum atomic E-state index is 12.9. The highest BCUT2D eigenvalue weighted by Gasteiger charge is 2.18. The molecule has 1 N–H and O–H groups in total. The summed E-state index contributed by atoms with van der Waals surface area (Å²) in [7, 11) is 0. The summed E-state index contributed by atoms with van der Waals surface area (Å²) in [6.07, 6.45) is 1.01. The van der Waals surface area contributed by atoms with Gasteiger partial charge in [-0.25, -0.2) is 4.39 Å². The van der Waals surface area contributed by atoms with E-state index in [1.165, 1.54) is 12.1 Å². The zero-order valence-corrected chi connectivity index (χ0v) is 9.02. The molecule has 2 nitrogen and oxygen atoms in total. The highest BCUT2D eigenvalue weighted by Crippen LogP contribution is 2.17. The van der Waals surface area contributed by atoms with E-state index in [1.807, 2.05) is 11.8 Å². The molecular formula is C11H12FNOS. The summed E-state index contributed by atoms with van der Waals surface area (Å²) < 4.78 is 12.9. The number of hydrogen-bond donors (Lipinski definition) is 1. The van der Waals surface area contributed by atoms with Gasteiger partial charge in [0.05, 0.1) is 0 Å². The first-order chi connectivity index (χ1) is 7.25. The quantitative estimate of drug-likeness (QED) is 0.834. The Kier molecular flexibility index (Phi) is 3.26. The Bertz CT molecular complexity index is 363. The van der Waals surface area contributed by atoms with Crippen molar-refractivity contribution < 1.29 is 9.18 Å². The van der Waals surface area contributed by atoms with Gasteiger partial charge >= 0.3 is 0 Å². The number of amides is 1. The fourth-order valence-electron chi connectivity index (χ4n) is 1.55. The molecule has 1 saturated heterocycles. The number of hydrogen-bond acceptors (Lipinski definition) is 2. The van der Waals surface area contributed by atoms with E-state index in [0.29, 0.717) is 5.56 Å². The van der Waals surface area contributed by atoms with Crippen LogP contribution in [-0.4, -0.2) is 23.5 Å². The molecule has 15 heavy (non-hydrogen) atoms. The van der Waals surface area contributed by atoms with E-state index >= 15 is 0 Å². The van der Waals surface area contributed by atoms with E-state index in [1.54, 1.807) is 12.1 Å². The molecule has 0 aromatic heterocycles. The molecule has 0 radical (unpaired) electrons. The molecule has 1 aliphatic rings. The number of carbonyl (C=O) groups excluding carboxylic acids is 1. The normalized spacial score (nSPS) is 20.2. The number of rotatable bonds is 2. The third kappa shape index (κ3) is 2.72. The Hall–Kier alpha value is -1.03. The van der Waals surface area contributed by atoms with Crippen LogP contribution < -0.4 is 5.32 Å². The summed E-state index contributed by atoms with van der Waals surface area (Å²) in [6, 6.07) is 6.01. The first-order valence-corrected chi connectivity index (χ1v) is 6.05. The van der Waals surface area contributed by atoms with Gasteiger partial charge in [-0.15, -0.1) is 0 Å². The predicted molar refractivity (Wildman–Crippen MR) is 59.6 cm³/mol. The second kappa shape index (κ2) is 4.66. The van der Waals surface area contributed by atoms with Crippen LogP contribution in [0.4, 0.5) is 4.39 Å². The molecule has 1 heterocycles. The molecule has 1 aromatic carbocycles. The lowest BCUT2D eigenvalue weighted by Gasteiger charge is -2.10. The third-order valence-electron chi connectivity index (χ3n) is 2.35. The van der Waals surface area contributed by atoms with Crippen LogP contribution in [0, 0.1) is 5.82 Å². The monoisotopic (exact) mass is 225 g/mol. The molecule has 1 atom stereocenters. The largest absolute Gasteiger partial charge is 0.348 e. The van der Waals surface area contributed by atoms with Crippen molar-refractivity contribution in [2.45, 2.75) is 12.5 Å². The number of nitrogens with one attached hydrogen (secondary N) is 1. The van der Waals surface area contributed by atoms with Gasteiger partial charge in [0.2, 0.25) is 0 Å². The van der Waals surface area contributed by atoms with Crippen molar-refractivity contribution in [3.8, 4) is 0 Å². The second-order valence-corrected chi connectivity index (χ2v) is 4.69. The number of halogens is 1. The van der Waals surface area contributed by atoms with Gasteiger partial charge in [-0.2, -0.15) is 11.8 Å². The summed E-state index contributed by atoms with van der Waals surface area (Å²) >= 11 is 1.83. The smallest absolute Gasteiger partial charge is 0.251 e. The summed E-state index contributed by atoms with van der Waals surface area (Å²) in [6.45, 7) is 0. The van der Waals surface area contributed by atoms with Crippen LogP contribution in [0.2, 0.25) is 0 Å². The number of benzene rings is 1. The fourth-order valence-corrected chi connectivity index (χ4v) is 2.70. The van der Waals surface area contributed by atoms with Crippen molar-refractivity contribution in [1.29, 1.82) is 0 Å². The lowest BCUT2D eigenvalue weighted by Crippen LogP contribution is -2.34. The van der Waals surface area contributed by atoms with E-state index in [2.05, 4.69) is 5.32 Å². The van der Waals surface area contributed by atoms with Crippen molar-refractivity contribution in [3.05, 3.63) is 35.6 Å². The molecule has 1 fully saturated rings. The van der Waals surface area contributed by atoms with Crippen LogP contribution in [0.1, 0.15) is 16.8 Å². The summed E-state index contributed by atoms with van der Waals surface area (Å²) in [5.74, 6) is 1.50. The summed E-state index contributed by atoms with van der Waals surface area (Å²) in [5.41, 5.74) is 0.395. The van der Waals surface area contributed by atoms with Crippen molar-refractivity contribution in [1.82, 2.24) is 5.32 Å². The molecule has 80 valence electrons. The van der Waals surface area contributed by atoms with Crippen molar-refractivity contribution in [3.63, 3.8) is 0 Å². The van der Waals surface area contributed by atoms with Gasteiger partial charge in [-0.05, 0) is 30.4 Å². The molecule has 2 rings (SSSR count). The van der Waals surface area contributed by atoms with Crippen LogP contribution in [-0.2, 0) is 0 Å². The Morgan fingerprint density at radius 3 is 3.07 bits per heavy atom. The Labute approximate surface area is 92.3 Å². The number of thioether (sulfide) groups is 1. The second-order valence-electron chi connectivity index (χ2n) is 3.54. The summed E-state index contributed by atoms with van der Waals surface area (Å²) in [4.78, 5) is 11.7. The Morgan fingerprint density at radius 2 is 2.40 bits per heavy atom. The molecule has 1 aliphatic heterocycles. The van der Waals surface area contributed by atoms with E-state index < -0.39 is 0 Å². The van der Waals surface area contributed by atoms with Gasteiger partial charge in [-0.3, -0.25) is 4.79 Å². The van der Waals surface area contributed by atoms with Crippen LogP contribution in [0.25, 0.3) is 0 Å². The van der Waals surface area contributed by atoms with Crippen LogP contribution in [0.5, 0.6) is 0 Å². The highest BCUT2D eigenvalue weighted by atomic mass is 32.2. The molecule has 0 bridgehead atoms. The molecular weight excluding hydrogens is 213 g/mol. The van der Waals surface area contributed by atoms with Crippen LogP contribution in [0.15, 0.2) is 24.3 Å². The van der Waals surface area contributed by atoms with Gasteiger partial charge in [0.1, 0.15) is 5.82 Å². The topological polar surface area (TPSA) is 29.1 Å². The minimum absolute atomic E-state index is 0.179. The average molecular weight is 225 g/mol. The van der Waals surface area contributed by atoms with Crippen LogP contribution >= 0.6 is 11.8 Å². The van der Waals surface area contributed by atoms with Crippen molar-refractivity contribution in [2.24, 2.45) is 0 Å². The first-order valence-electron chi connectivity index (χ1n) is 4.90. The molecule has 1 aromatic rings. The molecule has 0 spiro atoms. The van der Waals surface area contributed by atoms with Crippen molar-refractivity contribution in [2.75, 3.05) is 11.5 Å². The van der Waals surface area contributed by atoms with E-state index in [4.69, 9.17) is 0 Å². The molecule has 0 unspecified atom stereocenters. The maximum absolute atomic E-state index is 12.9. The van der Waals surface area contributed by atoms with Crippen LogP contribution in [0.3, 0.4) is 0 Å². The fraction of sp³-hybridized carbons (Fsp3) is 0.364. The van der Waals surface area contributed by atoms with Gasteiger partial charge in [0, 0.05) is 17.4 Å². The SMILES string of the molecule is O=C(N[C@H]1CCSC1)c1cccc(F)c1. The number of carbonyl (C=O) groups is 1. The minimum atomic E-state index is -0.372. The zero-order valence-electron chi connectivity index (χ0n) is 8.20.